The zero-order valence-corrected chi connectivity index (χ0v) is 10.9. The molecular weight excluding hydrogens is 188 g/mol. The number of hydrogen-bond donors (Lipinski definition) is 0. The van der Waals surface area contributed by atoms with Crippen molar-refractivity contribution in [1.82, 2.24) is 9.80 Å². The fraction of sp³-hybridized carbons (Fsp3) is 1.00. The summed E-state index contributed by atoms with van der Waals surface area (Å²) >= 11 is 0. The highest BCUT2D eigenvalue weighted by Crippen LogP contribution is 2.17. The molecule has 0 radical (unpaired) electrons. The summed E-state index contributed by atoms with van der Waals surface area (Å²) in [5, 5.41) is 0. The monoisotopic (exact) mass is 214 g/mol. The van der Waals surface area contributed by atoms with Crippen LogP contribution >= 0.6 is 0 Å². The Morgan fingerprint density at radius 3 is 2.07 bits per heavy atom. The molecule has 0 aromatic carbocycles. The van der Waals surface area contributed by atoms with Crippen molar-refractivity contribution in [3.8, 4) is 0 Å². The molecule has 0 aromatic rings. The molecule has 1 saturated heterocycles. The van der Waals surface area contributed by atoms with E-state index < -0.39 is 0 Å². The molecule has 0 bridgehead atoms. The highest BCUT2D eigenvalue weighted by Gasteiger charge is 2.30. The van der Waals surface area contributed by atoms with E-state index >= 15 is 0 Å². The summed E-state index contributed by atoms with van der Waals surface area (Å²) in [5.41, 5.74) is 0.178. The maximum Gasteiger partial charge on any atom is 0.0641 e. The molecule has 1 rings (SSSR count). The number of methoxy groups -OCH3 is 1. The molecule has 1 aliphatic rings. The molecule has 3 heteroatoms. The lowest BCUT2D eigenvalue weighted by Gasteiger charge is -2.44. The maximum atomic E-state index is 5.28. The molecule has 0 amide bonds. The first-order valence-corrected chi connectivity index (χ1v) is 5.95. The third kappa shape index (κ3) is 3.44. The summed E-state index contributed by atoms with van der Waals surface area (Å²) in [7, 11) is 1.78. The van der Waals surface area contributed by atoms with Crippen LogP contribution < -0.4 is 0 Å². The first-order chi connectivity index (χ1) is 6.97. The molecule has 0 N–H and O–H groups in total. The number of hydrogen-bond acceptors (Lipinski definition) is 3. The molecule has 0 atom stereocenters. The Balaban J connectivity index is 2.43. The van der Waals surface area contributed by atoms with Gasteiger partial charge in [-0.1, -0.05) is 0 Å². The van der Waals surface area contributed by atoms with Gasteiger partial charge in [0.15, 0.2) is 0 Å². The molecule has 15 heavy (non-hydrogen) atoms. The maximum absolute atomic E-state index is 5.28. The quantitative estimate of drug-likeness (QED) is 0.704. The molecule has 0 unspecified atom stereocenters. The molecule has 0 spiro atoms. The molecule has 1 fully saturated rings. The number of ether oxygens (including phenoxy) is 1. The van der Waals surface area contributed by atoms with Gasteiger partial charge in [-0.15, -0.1) is 0 Å². The van der Waals surface area contributed by atoms with E-state index in [1.54, 1.807) is 7.11 Å². The molecule has 3 nitrogen and oxygen atoms in total. The normalized spacial score (nSPS) is 21.2. The van der Waals surface area contributed by atoms with Gasteiger partial charge in [0, 0.05) is 44.9 Å². The van der Waals surface area contributed by atoms with E-state index in [4.69, 9.17) is 4.74 Å². The number of nitrogens with zero attached hydrogens (tertiary/aromatic N) is 2. The van der Waals surface area contributed by atoms with Crippen molar-refractivity contribution in [2.45, 2.75) is 39.3 Å². The van der Waals surface area contributed by atoms with Crippen LogP contribution in [0.5, 0.6) is 0 Å². The first-order valence-electron chi connectivity index (χ1n) is 5.95. The van der Waals surface area contributed by atoms with E-state index in [9.17, 15) is 0 Å². The second-order valence-corrected chi connectivity index (χ2v) is 5.36. The number of rotatable bonds is 4. The van der Waals surface area contributed by atoms with E-state index in [0.29, 0.717) is 6.04 Å². The van der Waals surface area contributed by atoms with Crippen molar-refractivity contribution < 1.29 is 4.74 Å². The smallest absolute Gasteiger partial charge is 0.0641 e. The lowest BCUT2D eigenvalue weighted by Crippen LogP contribution is -2.57. The van der Waals surface area contributed by atoms with Crippen LogP contribution in [0.4, 0.5) is 0 Å². The van der Waals surface area contributed by atoms with Gasteiger partial charge < -0.3 is 4.74 Å². The molecule has 0 aliphatic carbocycles. The molecular formula is C12H26N2O. The average Bonchev–Trinajstić information content (AvgIpc) is 2.18. The van der Waals surface area contributed by atoms with Crippen LogP contribution in [0.15, 0.2) is 0 Å². The van der Waals surface area contributed by atoms with Gasteiger partial charge in [-0.25, -0.2) is 0 Å². The summed E-state index contributed by atoms with van der Waals surface area (Å²) in [6, 6.07) is 0.678. The lowest BCUT2D eigenvalue weighted by atomic mass is 10.0. The van der Waals surface area contributed by atoms with Crippen molar-refractivity contribution >= 4 is 0 Å². The van der Waals surface area contributed by atoms with Gasteiger partial charge in [-0.3, -0.25) is 9.80 Å². The first kappa shape index (κ1) is 12.9. The van der Waals surface area contributed by atoms with Gasteiger partial charge in [0.1, 0.15) is 0 Å². The minimum absolute atomic E-state index is 0.178. The van der Waals surface area contributed by atoms with Crippen LogP contribution in [0, 0.1) is 0 Å². The van der Waals surface area contributed by atoms with Crippen LogP contribution in [0.25, 0.3) is 0 Å². The predicted molar refractivity (Wildman–Crippen MR) is 64.2 cm³/mol. The molecule has 1 heterocycles. The van der Waals surface area contributed by atoms with Gasteiger partial charge in [0.05, 0.1) is 6.61 Å². The third-order valence-corrected chi connectivity index (χ3v) is 3.40. The largest absolute Gasteiger partial charge is 0.383 e. The van der Waals surface area contributed by atoms with Crippen molar-refractivity contribution in [1.29, 1.82) is 0 Å². The van der Waals surface area contributed by atoms with Gasteiger partial charge in [0.2, 0.25) is 0 Å². The van der Waals surface area contributed by atoms with Crippen LogP contribution in [-0.4, -0.2) is 61.3 Å². The Kier molecular flexibility index (Phi) is 4.56. The van der Waals surface area contributed by atoms with Crippen molar-refractivity contribution in [3.05, 3.63) is 0 Å². The lowest BCUT2D eigenvalue weighted by molar-refractivity contribution is -0.00365. The molecule has 0 saturated carbocycles. The van der Waals surface area contributed by atoms with E-state index in [0.717, 1.165) is 19.7 Å². The minimum Gasteiger partial charge on any atom is -0.383 e. The Bertz CT molecular complexity index is 184. The summed E-state index contributed by atoms with van der Waals surface area (Å²) in [5.74, 6) is 0. The topological polar surface area (TPSA) is 15.7 Å². The Morgan fingerprint density at radius 1 is 1.13 bits per heavy atom. The average molecular weight is 214 g/mol. The summed E-state index contributed by atoms with van der Waals surface area (Å²) in [6.07, 6.45) is 0. The Labute approximate surface area is 94.4 Å². The summed E-state index contributed by atoms with van der Waals surface area (Å²) in [4.78, 5) is 5.08. The zero-order chi connectivity index (χ0) is 11.5. The minimum atomic E-state index is 0.178. The fourth-order valence-electron chi connectivity index (χ4n) is 2.29. The highest BCUT2D eigenvalue weighted by atomic mass is 16.5. The standard InChI is InChI=1S/C12H26N2O/c1-11(2)13-6-8-14(9-7-13)12(3,4)10-15-5/h11H,6-10H2,1-5H3. The van der Waals surface area contributed by atoms with Gasteiger partial charge in [-0.05, 0) is 27.7 Å². The summed E-state index contributed by atoms with van der Waals surface area (Å²) < 4.78 is 5.28. The van der Waals surface area contributed by atoms with Gasteiger partial charge >= 0.3 is 0 Å². The predicted octanol–water partition coefficient (Wildman–Crippen LogP) is 1.44. The SMILES string of the molecule is COCC(C)(C)N1CCN(C(C)C)CC1. The molecule has 90 valence electrons. The van der Waals surface area contributed by atoms with Crippen molar-refractivity contribution in [3.63, 3.8) is 0 Å². The highest BCUT2D eigenvalue weighted by molar-refractivity contribution is 4.86. The third-order valence-electron chi connectivity index (χ3n) is 3.40. The number of piperazine rings is 1. The van der Waals surface area contributed by atoms with E-state index in [1.165, 1.54) is 13.1 Å². The molecule has 0 aromatic heterocycles. The molecule has 1 aliphatic heterocycles. The summed E-state index contributed by atoms with van der Waals surface area (Å²) in [6.45, 7) is 14.6. The Hall–Kier alpha value is -0.120. The van der Waals surface area contributed by atoms with Crippen LogP contribution in [0.3, 0.4) is 0 Å². The van der Waals surface area contributed by atoms with Crippen LogP contribution in [-0.2, 0) is 4.74 Å². The van der Waals surface area contributed by atoms with Crippen LogP contribution in [0.1, 0.15) is 27.7 Å². The van der Waals surface area contributed by atoms with E-state index in [2.05, 4.69) is 37.5 Å². The van der Waals surface area contributed by atoms with Crippen LogP contribution in [0.2, 0.25) is 0 Å². The van der Waals surface area contributed by atoms with Crippen molar-refractivity contribution in [2.75, 3.05) is 39.9 Å². The Morgan fingerprint density at radius 2 is 1.67 bits per heavy atom. The second kappa shape index (κ2) is 5.28. The van der Waals surface area contributed by atoms with Crippen molar-refractivity contribution in [2.24, 2.45) is 0 Å². The van der Waals surface area contributed by atoms with E-state index in [-0.39, 0.29) is 5.54 Å². The zero-order valence-electron chi connectivity index (χ0n) is 10.9. The van der Waals surface area contributed by atoms with Gasteiger partial charge in [-0.2, -0.15) is 0 Å². The van der Waals surface area contributed by atoms with Gasteiger partial charge in [0.25, 0.3) is 0 Å². The fourth-order valence-corrected chi connectivity index (χ4v) is 2.29. The second-order valence-electron chi connectivity index (χ2n) is 5.36. The van der Waals surface area contributed by atoms with E-state index in [1.807, 2.05) is 0 Å².